The summed E-state index contributed by atoms with van der Waals surface area (Å²) >= 11 is 0. The van der Waals surface area contributed by atoms with Crippen LogP contribution in [0.15, 0.2) is 42.6 Å². The van der Waals surface area contributed by atoms with Gasteiger partial charge in [-0.2, -0.15) is 0 Å². The van der Waals surface area contributed by atoms with Crippen molar-refractivity contribution < 1.29 is 24.1 Å². The zero-order valence-corrected chi connectivity index (χ0v) is 14.4. The quantitative estimate of drug-likeness (QED) is 0.852. The molecule has 1 aromatic heterocycles. The fourth-order valence-corrected chi connectivity index (χ4v) is 3.45. The minimum atomic E-state index is -1.09. The molecule has 0 bridgehead atoms. The number of nitrogens with zero attached hydrogens (tertiary/aromatic N) is 2. The molecule has 0 saturated carbocycles. The summed E-state index contributed by atoms with van der Waals surface area (Å²) < 4.78 is 18.9. The highest BCUT2D eigenvalue weighted by Gasteiger charge is 2.40. The van der Waals surface area contributed by atoms with Gasteiger partial charge >= 0.3 is 5.97 Å². The Morgan fingerprint density at radius 1 is 1.31 bits per heavy atom. The summed E-state index contributed by atoms with van der Waals surface area (Å²) in [6.07, 6.45) is 2.30. The van der Waals surface area contributed by atoms with Gasteiger partial charge in [-0.3, -0.25) is 14.7 Å². The molecule has 2 aromatic rings. The van der Waals surface area contributed by atoms with Crippen LogP contribution in [-0.4, -0.2) is 46.3 Å². The van der Waals surface area contributed by atoms with E-state index in [1.54, 1.807) is 23.2 Å². The van der Waals surface area contributed by atoms with E-state index in [-0.39, 0.29) is 5.56 Å². The molecule has 6 nitrogen and oxygen atoms in total. The third kappa shape index (κ3) is 3.54. The largest absolute Gasteiger partial charge is 0.496 e. The molecular weight excluding hydrogens is 339 g/mol. The van der Waals surface area contributed by atoms with Crippen LogP contribution in [-0.2, 0) is 10.4 Å². The van der Waals surface area contributed by atoms with Crippen LogP contribution < -0.4 is 4.74 Å². The Labute approximate surface area is 150 Å². The standard InChI is InChI=1S/C19H21FN2O4/c1-26-15-6-5-13(20)12-14(15)17(18(23)24)22-10-7-19(25,8-11-22)16-4-2-3-9-21-16/h2-6,9,12,17,25H,7-8,10-11H2,1H3,(H,23,24). The third-order valence-electron chi connectivity index (χ3n) is 4.85. The SMILES string of the molecule is COc1ccc(F)cc1C(C(=O)O)N1CCC(O)(c2ccccn2)CC1. The first-order chi connectivity index (χ1) is 12.4. The van der Waals surface area contributed by atoms with Crippen LogP contribution in [0.2, 0.25) is 0 Å². The Morgan fingerprint density at radius 2 is 2.04 bits per heavy atom. The van der Waals surface area contributed by atoms with E-state index in [1.165, 1.54) is 25.3 Å². The monoisotopic (exact) mass is 360 g/mol. The lowest BCUT2D eigenvalue weighted by molar-refractivity contribution is -0.146. The first kappa shape index (κ1) is 18.3. The molecular formula is C19H21FN2O4. The van der Waals surface area contributed by atoms with Gasteiger partial charge in [0.1, 0.15) is 23.2 Å². The summed E-state index contributed by atoms with van der Waals surface area (Å²) in [4.78, 5) is 17.9. The summed E-state index contributed by atoms with van der Waals surface area (Å²) in [5.74, 6) is -1.28. The zero-order valence-electron chi connectivity index (χ0n) is 14.4. The number of benzene rings is 1. The highest BCUT2D eigenvalue weighted by Crippen LogP contribution is 2.37. The molecule has 2 heterocycles. The topological polar surface area (TPSA) is 82.9 Å². The average Bonchev–Trinajstić information content (AvgIpc) is 2.64. The molecule has 1 fully saturated rings. The summed E-state index contributed by atoms with van der Waals surface area (Å²) in [7, 11) is 1.42. The fourth-order valence-electron chi connectivity index (χ4n) is 3.45. The van der Waals surface area contributed by atoms with E-state index < -0.39 is 23.4 Å². The Kier molecular flexibility index (Phi) is 5.20. The van der Waals surface area contributed by atoms with E-state index in [4.69, 9.17) is 4.74 Å². The number of likely N-dealkylation sites (tertiary alicyclic amines) is 1. The smallest absolute Gasteiger partial charge is 0.325 e. The minimum Gasteiger partial charge on any atom is -0.496 e. The first-order valence-electron chi connectivity index (χ1n) is 8.39. The second kappa shape index (κ2) is 7.39. The van der Waals surface area contributed by atoms with Crippen molar-refractivity contribution in [2.45, 2.75) is 24.5 Å². The number of carbonyl (C=O) groups is 1. The molecule has 1 unspecified atom stereocenters. The number of methoxy groups -OCH3 is 1. The van der Waals surface area contributed by atoms with E-state index in [0.29, 0.717) is 37.4 Å². The van der Waals surface area contributed by atoms with Gasteiger partial charge in [0, 0.05) is 24.8 Å². The third-order valence-corrected chi connectivity index (χ3v) is 4.85. The van der Waals surface area contributed by atoms with Gasteiger partial charge in [-0.1, -0.05) is 6.07 Å². The van der Waals surface area contributed by atoms with Crippen LogP contribution in [0.4, 0.5) is 4.39 Å². The first-order valence-corrected chi connectivity index (χ1v) is 8.39. The van der Waals surface area contributed by atoms with Gasteiger partial charge in [0.2, 0.25) is 0 Å². The van der Waals surface area contributed by atoms with Gasteiger partial charge in [-0.25, -0.2) is 4.39 Å². The van der Waals surface area contributed by atoms with Crippen LogP contribution in [0.1, 0.15) is 30.1 Å². The van der Waals surface area contributed by atoms with Crippen LogP contribution in [0.5, 0.6) is 5.75 Å². The molecule has 1 aliphatic rings. The number of ether oxygens (including phenoxy) is 1. The number of piperidine rings is 1. The predicted molar refractivity (Wildman–Crippen MR) is 92.3 cm³/mol. The molecule has 3 rings (SSSR count). The van der Waals surface area contributed by atoms with Crippen LogP contribution in [0.25, 0.3) is 0 Å². The highest BCUT2D eigenvalue weighted by molar-refractivity contribution is 5.76. The van der Waals surface area contributed by atoms with Gasteiger partial charge in [-0.15, -0.1) is 0 Å². The van der Waals surface area contributed by atoms with Gasteiger partial charge in [0.05, 0.1) is 12.8 Å². The molecule has 1 saturated heterocycles. The van der Waals surface area contributed by atoms with Crippen LogP contribution in [0.3, 0.4) is 0 Å². The lowest BCUT2D eigenvalue weighted by Gasteiger charge is -2.40. The minimum absolute atomic E-state index is 0.267. The van der Waals surface area contributed by atoms with Gasteiger partial charge < -0.3 is 14.9 Å². The number of carboxylic acid groups (broad SMARTS) is 1. The Morgan fingerprint density at radius 3 is 2.62 bits per heavy atom. The van der Waals surface area contributed by atoms with Crippen LogP contribution in [0, 0.1) is 5.82 Å². The number of aliphatic carboxylic acids is 1. The fraction of sp³-hybridized carbons (Fsp3) is 0.368. The normalized spacial score (nSPS) is 18.3. The van der Waals surface area contributed by atoms with E-state index in [1.807, 2.05) is 6.07 Å². The Hall–Kier alpha value is -2.51. The summed E-state index contributed by atoms with van der Waals surface area (Å²) in [6.45, 7) is 0.674. The maximum atomic E-state index is 13.7. The number of aromatic nitrogens is 1. The zero-order chi connectivity index (χ0) is 18.7. The van der Waals surface area contributed by atoms with Crippen molar-refractivity contribution in [1.82, 2.24) is 9.88 Å². The van der Waals surface area contributed by atoms with Crippen LogP contribution >= 0.6 is 0 Å². The molecule has 138 valence electrons. The molecule has 0 amide bonds. The molecule has 7 heteroatoms. The molecule has 0 radical (unpaired) electrons. The number of pyridine rings is 1. The number of hydrogen-bond acceptors (Lipinski definition) is 5. The number of halogens is 1. The number of rotatable bonds is 5. The average molecular weight is 360 g/mol. The Balaban J connectivity index is 1.84. The number of hydrogen-bond donors (Lipinski definition) is 2. The van der Waals surface area contributed by atoms with E-state index in [2.05, 4.69) is 4.98 Å². The predicted octanol–water partition coefficient (Wildman–Crippen LogP) is 2.34. The van der Waals surface area contributed by atoms with Crippen molar-refractivity contribution >= 4 is 5.97 Å². The van der Waals surface area contributed by atoms with Crippen molar-refractivity contribution in [3.63, 3.8) is 0 Å². The second-order valence-electron chi connectivity index (χ2n) is 6.41. The number of carboxylic acids is 1. The molecule has 0 spiro atoms. The lowest BCUT2D eigenvalue weighted by Crippen LogP contribution is -2.46. The van der Waals surface area contributed by atoms with E-state index in [9.17, 15) is 19.4 Å². The second-order valence-corrected chi connectivity index (χ2v) is 6.41. The maximum Gasteiger partial charge on any atom is 0.325 e. The molecule has 26 heavy (non-hydrogen) atoms. The van der Waals surface area contributed by atoms with Crippen molar-refractivity contribution in [3.05, 3.63) is 59.7 Å². The van der Waals surface area contributed by atoms with E-state index in [0.717, 1.165) is 0 Å². The van der Waals surface area contributed by atoms with E-state index >= 15 is 0 Å². The summed E-state index contributed by atoms with van der Waals surface area (Å²) in [5.41, 5.74) is -0.245. The highest BCUT2D eigenvalue weighted by atomic mass is 19.1. The van der Waals surface area contributed by atoms with Crippen molar-refractivity contribution in [2.24, 2.45) is 0 Å². The van der Waals surface area contributed by atoms with Gasteiger partial charge in [-0.05, 0) is 43.2 Å². The summed E-state index contributed by atoms with van der Waals surface area (Å²) in [5, 5.41) is 20.6. The van der Waals surface area contributed by atoms with Crippen molar-refractivity contribution in [1.29, 1.82) is 0 Å². The Bertz CT molecular complexity index is 776. The maximum absolute atomic E-state index is 13.7. The van der Waals surface area contributed by atoms with Gasteiger partial charge in [0.25, 0.3) is 0 Å². The summed E-state index contributed by atoms with van der Waals surface area (Å²) in [6, 6.07) is 8.15. The van der Waals surface area contributed by atoms with Crippen molar-refractivity contribution in [2.75, 3.05) is 20.2 Å². The molecule has 1 atom stereocenters. The molecule has 1 aliphatic heterocycles. The van der Waals surface area contributed by atoms with Gasteiger partial charge in [0.15, 0.2) is 0 Å². The number of aliphatic hydroxyl groups is 1. The lowest BCUT2D eigenvalue weighted by atomic mass is 9.86. The molecule has 2 N–H and O–H groups in total. The van der Waals surface area contributed by atoms with Crippen molar-refractivity contribution in [3.8, 4) is 5.75 Å². The molecule has 1 aromatic carbocycles. The molecule has 0 aliphatic carbocycles.